The molecule has 1 aliphatic carbocycles. The number of rotatable bonds is 2. The maximum atomic E-state index is 6.26. The van der Waals surface area contributed by atoms with E-state index < -0.39 is 0 Å². The lowest BCUT2D eigenvalue weighted by atomic mass is 9.67. The number of nitrogens with zero attached hydrogens (tertiary/aromatic N) is 1. The van der Waals surface area contributed by atoms with Gasteiger partial charge in [0.2, 0.25) is 0 Å². The third-order valence-electron chi connectivity index (χ3n) is 5.38. The van der Waals surface area contributed by atoms with E-state index in [4.69, 9.17) is 5.73 Å². The van der Waals surface area contributed by atoms with Crippen molar-refractivity contribution in [2.75, 3.05) is 25.4 Å². The molecule has 0 radical (unpaired) electrons. The Morgan fingerprint density at radius 3 is 2.67 bits per heavy atom. The van der Waals surface area contributed by atoms with E-state index in [-0.39, 0.29) is 5.54 Å². The molecule has 18 heavy (non-hydrogen) atoms. The van der Waals surface area contributed by atoms with Crippen molar-refractivity contribution in [1.29, 1.82) is 0 Å². The van der Waals surface area contributed by atoms with Crippen LogP contribution in [0.4, 0.5) is 0 Å². The number of hydrogen-bond acceptors (Lipinski definition) is 3. The summed E-state index contributed by atoms with van der Waals surface area (Å²) in [7, 11) is 0. The molecular formula is C15H30N2S. The van der Waals surface area contributed by atoms with Gasteiger partial charge in [-0.3, -0.25) is 4.90 Å². The second kappa shape index (κ2) is 5.34. The molecule has 2 fully saturated rings. The molecule has 2 N–H and O–H groups in total. The number of thioether (sulfide) groups is 1. The van der Waals surface area contributed by atoms with E-state index in [0.29, 0.717) is 4.75 Å². The Morgan fingerprint density at radius 1 is 1.33 bits per heavy atom. The fourth-order valence-electron chi connectivity index (χ4n) is 4.00. The Labute approximate surface area is 117 Å². The molecule has 3 heteroatoms. The van der Waals surface area contributed by atoms with Crippen LogP contribution in [-0.2, 0) is 0 Å². The molecule has 1 aliphatic heterocycles. The third kappa shape index (κ3) is 2.59. The summed E-state index contributed by atoms with van der Waals surface area (Å²) in [6.07, 6.45) is 4.04. The zero-order valence-electron chi connectivity index (χ0n) is 12.5. The van der Waals surface area contributed by atoms with Crippen molar-refractivity contribution in [3.05, 3.63) is 0 Å². The van der Waals surface area contributed by atoms with Gasteiger partial charge in [-0.1, -0.05) is 26.7 Å². The topological polar surface area (TPSA) is 29.3 Å². The lowest BCUT2D eigenvalue weighted by Gasteiger charge is -2.55. The van der Waals surface area contributed by atoms with Crippen LogP contribution < -0.4 is 5.73 Å². The minimum Gasteiger partial charge on any atom is -0.329 e. The standard InChI is InChI=1S/C15H30N2S/c1-12-6-5-7-15(10-16,13(12)2)17-8-9-18-14(3,4)11-17/h12-13H,5-11,16H2,1-4H3. The third-order valence-corrected chi connectivity index (χ3v) is 6.68. The monoisotopic (exact) mass is 270 g/mol. The average Bonchev–Trinajstić information content (AvgIpc) is 2.32. The molecule has 2 nitrogen and oxygen atoms in total. The van der Waals surface area contributed by atoms with Crippen LogP contribution in [0.2, 0.25) is 0 Å². The van der Waals surface area contributed by atoms with Crippen LogP contribution in [0.1, 0.15) is 47.0 Å². The van der Waals surface area contributed by atoms with Crippen LogP contribution in [0, 0.1) is 11.8 Å². The molecule has 1 saturated heterocycles. The summed E-state index contributed by atoms with van der Waals surface area (Å²) >= 11 is 2.12. The average molecular weight is 270 g/mol. The summed E-state index contributed by atoms with van der Waals surface area (Å²) in [6, 6.07) is 0. The van der Waals surface area contributed by atoms with Crippen molar-refractivity contribution in [1.82, 2.24) is 4.90 Å². The quantitative estimate of drug-likeness (QED) is 0.836. The molecule has 2 rings (SSSR count). The van der Waals surface area contributed by atoms with Gasteiger partial charge >= 0.3 is 0 Å². The Morgan fingerprint density at radius 2 is 2.06 bits per heavy atom. The van der Waals surface area contributed by atoms with E-state index in [2.05, 4.69) is 44.4 Å². The van der Waals surface area contributed by atoms with E-state index in [1.165, 1.54) is 38.1 Å². The van der Waals surface area contributed by atoms with Crippen molar-refractivity contribution in [3.8, 4) is 0 Å². The minimum atomic E-state index is 0.274. The molecular weight excluding hydrogens is 240 g/mol. The van der Waals surface area contributed by atoms with Crippen molar-refractivity contribution in [2.45, 2.75) is 57.2 Å². The highest BCUT2D eigenvalue weighted by molar-refractivity contribution is 8.00. The maximum Gasteiger partial charge on any atom is 0.0360 e. The van der Waals surface area contributed by atoms with Gasteiger partial charge in [-0.15, -0.1) is 0 Å². The first-order valence-corrected chi connectivity index (χ1v) is 8.49. The second-order valence-corrected chi connectivity index (χ2v) is 8.80. The van der Waals surface area contributed by atoms with Crippen LogP contribution >= 0.6 is 11.8 Å². The molecule has 106 valence electrons. The molecule has 0 amide bonds. The van der Waals surface area contributed by atoms with Gasteiger partial charge in [0.15, 0.2) is 0 Å². The number of nitrogens with two attached hydrogens (primary N) is 1. The highest BCUT2D eigenvalue weighted by atomic mass is 32.2. The lowest BCUT2D eigenvalue weighted by molar-refractivity contribution is -0.0133. The first-order valence-electron chi connectivity index (χ1n) is 7.50. The Balaban J connectivity index is 2.20. The fourth-order valence-corrected chi connectivity index (χ4v) is 5.11. The van der Waals surface area contributed by atoms with Gasteiger partial charge in [0.05, 0.1) is 0 Å². The predicted molar refractivity (Wildman–Crippen MR) is 82.1 cm³/mol. The van der Waals surface area contributed by atoms with Crippen LogP contribution in [0.25, 0.3) is 0 Å². The Kier molecular flexibility index (Phi) is 4.35. The molecule has 2 aliphatic rings. The van der Waals surface area contributed by atoms with Gasteiger partial charge in [-0.05, 0) is 32.1 Å². The Bertz CT molecular complexity index is 292. The summed E-state index contributed by atoms with van der Waals surface area (Å²) < 4.78 is 0.390. The highest BCUT2D eigenvalue weighted by Crippen LogP contribution is 2.44. The van der Waals surface area contributed by atoms with Crippen molar-refractivity contribution < 1.29 is 0 Å². The first-order chi connectivity index (χ1) is 8.41. The fraction of sp³-hybridized carbons (Fsp3) is 1.00. The summed E-state index contributed by atoms with van der Waals surface area (Å²) in [5, 5.41) is 0. The molecule has 0 aromatic heterocycles. The molecule has 3 atom stereocenters. The minimum absolute atomic E-state index is 0.274. The van der Waals surface area contributed by atoms with Crippen molar-refractivity contribution in [3.63, 3.8) is 0 Å². The largest absolute Gasteiger partial charge is 0.329 e. The predicted octanol–water partition coefficient (Wildman–Crippen LogP) is 2.97. The van der Waals surface area contributed by atoms with Crippen LogP contribution in [-0.4, -0.2) is 40.6 Å². The SMILES string of the molecule is CC1CCCC(CN)(N2CCSC(C)(C)C2)C1C. The summed E-state index contributed by atoms with van der Waals surface area (Å²) in [4.78, 5) is 2.74. The first kappa shape index (κ1) is 14.7. The molecule has 0 aromatic carbocycles. The molecule has 0 bridgehead atoms. The molecule has 1 heterocycles. The van der Waals surface area contributed by atoms with E-state index >= 15 is 0 Å². The van der Waals surface area contributed by atoms with Gasteiger partial charge in [-0.25, -0.2) is 0 Å². The van der Waals surface area contributed by atoms with Gasteiger partial charge in [0, 0.05) is 35.7 Å². The maximum absolute atomic E-state index is 6.26. The van der Waals surface area contributed by atoms with Gasteiger partial charge in [0.25, 0.3) is 0 Å². The number of hydrogen-bond donors (Lipinski definition) is 1. The highest BCUT2D eigenvalue weighted by Gasteiger charge is 2.47. The van der Waals surface area contributed by atoms with E-state index in [9.17, 15) is 0 Å². The van der Waals surface area contributed by atoms with E-state index in [1.54, 1.807) is 0 Å². The van der Waals surface area contributed by atoms with Crippen LogP contribution in [0.5, 0.6) is 0 Å². The smallest absolute Gasteiger partial charge is 0.0360 e. The summed E-state index contributed by atoms with van der Waals surface area (Å²) in [5.41, 5.74) is 6.54. The van der Waals surface area contributed by atoms with Gasteiger partial charge < -0.3 is 5.73 Å². The van der Waals surface area contributed by atoms with Crippen LogP contribution in [0.15, 0.2) is 0 Å². The van der Waals surface area contributed by atoms with Gasteiger partial charge in [-0.2, -0.15) is 11.8 Å². The molecule has 1 saturated carbocycles. The zero-order chi connectivity index (χ0) is 13.4. The molecule has 0 spiro atoms. The summed E-state index contributed by atoms with van der Waals surface area (Å²) in [5.74, 6) is 2.81. The van der Waals surface area contributed by atoms with E-state index in [1.807, 2.05) is 0 Å². The summed E-state index contributed by atoms with van der Waals surface area (Å²) in [6.45, 7) is 12.9. The normalized spacial score (nSPS) is 41.8. The lowest BCUT2D eigenvalue weighted by Crippen LogP contribution is -2.64. The van der Waals surface area contributed by atoms with Crippen molar-refractivity contribution >= 4 is 11.8 Å². The second-order valence-electron chi connectivity index (χ2n) is 7.00. The van der Waals surface area contributed by atoms with Gasteiger partial charge in [0.1, 0.15) is 0 Å². The van der Waals surface area contributed by atoms with Crippen molar-refractivity contribution in [2.24, 2.45) is 17.6 Å². The Hall–Kier alpha value is 0.270. The zero-order valence-corrected chi connectivity index (χ0v) is 13.4. The van der Waals surface area contributed by atoms with Crippen LogP contribution in [0.3, 0.4) is 0 Å². The van der Waals surface area contributed by atoms with E-state index in [0.717, 1.165) is 18.4 Å². The molecule has 3 unspecified atom stereocenters. The molecule has 0 aromatic rings.